The first-order valence-electron chi connectivity index (χ1n) is 10.6. The third kappa shape index (κ3) is 5.03. The van der Waals surface area contributed by atoms with Gasteiger partial charge in [-0.1, -0.05) is 36.4 Å². The summed E-state index contributed by atoms with van der Waals surface area (Å²) in [6, 6.07) is 20.9. The second kappa shape index (κ2) is 9.99. The highest BCUT2D eigenvalue weighted by atomic mass is 16.5. The maximum Gasteiger partial charge on any atom is 0.255 e. The zero-order valence-corrected chi connectivity index (χ0v) is 18.9. The Morgan fingerprint density at radius 2 is 1.76 bits per heavy atom. The van der Waals surface area contributed by atoms with E-state index in [9.17, 15) is 4.79 Å². The van der Waals surface area contributed by atoms with E-state index in [1.807, 2.05) is 73.7 Å². The number of nitrogens with one attached hydrogen (secondary N) is 1. The molecule has 4 aromatic rings. The van der Waals surface area contributed by atoms with Crippen LogP contribution in [0.25, 0.3) is 11.3 Å². The van der Waals surface area contributed by atoms with Gasteiger partial charge < -0.3 is 14.8 Å². The third-order valence-electron chi connectivity index (χ3n) is 5.33. The van der Waals surface area contributed by atoms with Gasteiger partial charge in [0.25, 0.3) is 5.91 Å². The molecular formula is C26H26N4O3. The highest BCUT2D eigenvalue weighted by molar-refractivity contribution is 6.00. The zero-order valence-electron chi connectivity index (χ0n) is 18.9. The summed E-state index contributed by atoms with van der Waals surface area (Å²) < 4.78 is 12.6. The summed E-state index contributed by atoms with van der Waals surface area (Å²) in [5, 5.41) is 7.79. The molecule has 7 heteroatoms. The lowest BCUT2D eigenvalue weighted by Gasteiger charge is -2.13. The molecule has 7 nitrogen and oxygen atoms in total. The summed E-state index contributed by atoms with van der Waals surface area (Å²) in [5.41, 5.74) is 3.68. The van der Waals surface area contributed by atoms with Crippen LogP contribution in [0.15, 0.2) is 79.1 Å². The van der Waals surface area contributed by atoms with Gasteiger partial charge in [-0.05, 0) is 42.8 Å². The second-order valence-electron chi connectivity index (χ2n) is 7.59. The van der Waals surface area contributed by atoms with Crippen LogP contribution in [0.3, 0.4) is 0 Å². The van der Waals surface area contributed by atoms with Crippen molar-refractivity contribution >= 4 is 5.91 Å². The Morgan fingerprint density at radius 3 is 2.45 bits per heavy atom. The minimum atomic E-state index is -0.255. The van der Waals surface area contributed by atoms with Gasteiger partial charge in [0.05, 0.1) is 38.1 Å². The fourth-order valence-corrected chi connectivity index (χ4v) is 3.62. The molecule has 0 saturated carbocycles. The highest BCUT2D eigenvalue weighted by Gasteiger charge is 2.21. The van der Waals surface area contributed by atoms with Gasteiger partial charge in [0.2, 0.25) is 0 Å². The average Bonchev–Trinajstić information content (AvgIpc) is 3.28. The molecule has 1 amide bonds. The van der Waals surface area contributed by atoms with E-state index in [1.54, 1.807) is 31.3 Å². The number of hydrogen-bond donors (Lipinski definition) is 1. The summed E-state index contributed by atoms with van der Waals surface area (Å²) in [6.45, 7) is 2.45. The smallest absolute Gasteiger partial charge is 0.255 e. The fourth-order valence-electron chi connectivity index (χ4n) is 3.62. The molecule has 4 rings (SSSR count). The Morgan fingerprint density at radius 1 is 1.00 bits per heavy atom. The minimum absolute atomic E-state index is 0.225. The van der Waals surface area contributed by atoms with Crippen molar-refractivity contribution in [2.24, 2.45) is 0 Å². The van der Waals surface area contributed by atoms with E-state index in [-0.39, 0.29) is 11.9 Å². The van der Waals surface area contributed by atoms with Crippen LogP contribution in [0.1, 0.15) is 34.6 Å². The van der Waals surface area contributed by atoms with Crippen molar-refractivity contribution in [3.05, 3.63) is 95.9 Å². The number of benzene rings is 2. The monoisotopic (exact) mass is 442 g/mol. The van der Waals surface area contributed by atoms with Crippen LogP contribution < -0.4 is 14.8 Å². The van der Waals surface area contributed by atoms with Crippen LogP contribution in [0.5, 0.6) is 11.5 Å². The van der Waals surface area contributed by atoms with E-state index in [4.69, 9.17) is 14.6 Å². The first-order chi connectivity index (χ1) is 16.1. The summed E-state index contributed by atoms with van der Waals surface area (Å²) >= 11 is 0. The quantitative estimate of drug-likeness (QED) is 0.435. The van der Waals surface area contributed by atoms with Crippen molar-refractivity contribution in [2.45, 2.75) is 19.5 Å². The van der Waals surface area contributed by atoms with Crippen molar-refractivity contribution in [3.63, 3.8) is 0 Å². The normalized spacial score (nSPS) is 11.6. The van der Waals surface area contributed by atoms with Crippen molar-refractivity contribution in [2.75, 3.05) is 14.2 Å². The van der Waals surface area contributed by atoms with Crippen molar-refractivity contribution in [1.82, 2.24) is 20.1 Å². The number of aromatic nitrogens is 3. The van der Waals surface area contributed by atoms with Gasteiger partial charge in [-0.2, -0.15) is 5.10 Å². The van der Waals surface area contributed by atoms with Crippen molar-refractivity contribution < 1.29 is 14.3 Å². The highest BCUT2D eigenvalue weighted by Crippen LogP contribution is 2.33. The lowest BCUT2D eigenvalue weighted by Crippen LogP contribution is -2.27. The number of nitrogens with zero attached hydrogens (tertiary/aromatic N) is 3. The van der Waals surface area contributed by atoms with Crippen LogP contribution in [-0.2, 0) is 6.54 Å². The van der Waals surface area contributed by atoms with E-state index in [0.717, 1.165) is 16.8 Å². The van der Waals surface area contributed by atoms with Crippen LogP contribution in [0.4, 0.5) is 0 Å². The molecule has 2 aromatic carbocycles. The van der Waals surface area contributed by atoms with Crippen molar-refractivity contribution in [3.8, 4) is 22.8 Å². The number of amides is 1. The number of methoxy groups -OCH3 is 2. The SMILES string of the molecule is COc1ccc(-c2nn(Cc3ccccc3)cc2C(=O)N[C@@H](C)c2ccccn2)cc1OC. The number of hydrogen-bond acceptors (Lipinski definition) is 5. The molecule has 0 aliphatic carbocycles. The molecule has 33 heavy (non-hydrogen) atoms. The number of carbonyl (C=O) groups excluding carboxylic acids is 1. The average molecular weight is 443 g/mol. The predicted molar refractivity (Wildman–Crippen MR) is 126 cm³/mol. The van der Waals surface area contributed by atoms with Gasteiger partial charge in [0, 0.05) is 18.0 Å². The molecule has 0 aliphatic rings. The molecule has 168 valence electrons. The van der Waals surface area contributed by atoms with Crippen LogP contribution in [0.2, 0.25) is 0 Å². The van der Waals surface area contributed by atoms with Gasteiger partial charge in [-0.15, -0.1) is 0 Å². The molecule has 0 radical (unpaired) electrons. The molecule has 1 N–H and O–H groups in total. The Bertz CT molecular complexity index is 1220. The van der Waals surface area contributed by atoms with Crippen LogP contribution in [-0.4, -0.2) is 34.9 Å². The predicted octanol–water partition coefficient (Wildman–Crippen LogP) is 4.50. The van der Waals surface area contributed by atoms with E-state index in [1.165, 1.54) is 0 Å². The number of rotatable bonds is 8. The molecule has 0 fully saturated rings. The molecule has 2 aromatic heterocycles. The Labute approximate surface area is 193 Å². The molecule has 0 saturated heterocycles. The number of ether oxygens (including phenoxy) is 2. The Balaban J connectivity index is 1.70. The lowest BCUT2D eigenvalue weighted by molar-refractivity contribution is 0.0939. The van der Waals surface area contributed by atoms with E-state index < -0.39 is 0 Å². The zero-order chi connectivity index (χ0) is 23.2. The summed E-state index contributed by atoms with van der Waals surface area (Å²) in [4.78, 5) is 17.7. The summed E-state index contributed by atoms with van der Waals surface area (Å²) in [5.74, 6) is 0.956. The maximum atomic E-state index is 13.3. The summed E-state index contributed by atoms with van der Waals surface area (Å²) in [7, 11) is 3.17. The molecule has 1 atom stereocenters. The van der Waals surface area contributed by atoms with Crippen LogP contribution in [0, 0.1) is 0 Å². The van der Waals surface area contributed by atoms with Gasteiger partial charge in [-0.3, -0.25) is 14.5 Å². The molecule has 2 heterocycles. The van der Waals surface area contributed by atoms with E-state index >= 15 is 0 Å². The van der Waals surface area contributed by atoms with E-state index in [2.05, 4.69) is 10.3 Å². The second-order valence-corrected chi connectivity index (χ2v) is 7.59. The summed E-state index contributed by atoms with van der Waals surface area (Å²) in [6.07, 6.45) is 3.49. The standard InChI is InChI=1S/C26H26N4O3/c1-18(22-11-7-8-14-27-22)28-26(31)21-17-30(16-19-9-5-4-6-10-19)29-25(21)20-12-13-23(32-2)24(15-20)33-3/h4-15,17-18H,16H2,1-3H3,(H,28,31)/t18-/m0/s1. The molecular weight excluding hydrogens is 416 g/mol. The first-order valence-corrected chi connectivity index (χ1v) is 10.6. The van der Waals surface area contributed by atoms with Gasteiger partial charge in [-0.25, -0.2) is 0 Å². The molecule has 0 bridgehead atoms. The van der Waals surface area contributed by atoms with Gasteiger partial charge in [0.15, 0.2) is 11.5 Å². The topological polar surface area (TPSA) is 78.3 Å². The molecule has 0 spiro atoms. The lowest BCUT2D eigenvalue weighted by atomic mass is 10.1. The molecule has 0 aliphatic heterocycles. The largest absolute Gasteiger partial charge is 0.493 e. The Kier molecular flexibility index (Phi) is 6.69. The van der Waals surface area contributed by atoms with Crippen LogP contribution >= 0.6 is 0 Å². The maximum absolute atomic E-state index is 13.3. The van der Waals surface area contributed by atoms with Gasteiger partial charge in [0.1, 0.15) is 5.69 Å². The van der Waals surface area contributed by atoms with Crippen molar-refractivity contribution in [1.29, 1.82) is 0 Å². The minimum Gasteiger partial charge on any atom is -0.493 e. The third-order valence-corrected chi connectivity index (χ3v) is 5.33. The Hall–Kier alpha value is -4.13. The van der Waals surface area contributed by atoms with Gasteiger partial charge >= 0.3 is 0 Å². The first kappa shape index (κ1) is 22.1. The van der Waals surface area contributed by atoms with E-state index in [0.29, 0.717) is 29.3 Å². The fraction of sp³-hybridized carbons (Fsp3) is 0.192. The number of pyridine rings is 1. The molecule has 0 unspecified atom stereocenters. The number of carbonyl (C=O) groups is 1.